The standard InChI is InChI=1S/C9H8ClNO2/c10-7-1-2-9-8(3-7)6(4-12-9)5-13-11/h1-4H,5,11H2. The summed E-state index contributed by atoms with van der Waals surface area (Å²) >= 11 is 5.83. The molecular formula is C9H8ClNO2. The van der Waals surface area contributed by atoms with Gasteiger partial charge in [-0.05, 0) is 18.2 Å². The van der Waals surface area contributed by atoms with Gasteiger partial charge in [0.25, 0.3) is 0 Å². The molecule has 0 radical (unpaired) electrons. The van der Waals surface area contributed by atoms with Crippen molar-refractivity contribution in [2.75, 3.05) is 0 Å². The highest BCUT2D eigenvalue weighted by atomic mass is 35.5. The number of furan rings is 1. The molecule has 3 nitrogen and oxygen atoms in total. The van der Waals surface area contributed by atoms with E-state index in [0.29, 0.717) is 11.6 Å². The summed E-state index contributed by atoms with van der Waals surface area (Å²) in [5.74, 6) is 4.97. The zero-order chi connectivity index (χ0) is 9.26. The third-order valence-corrected chi connectivity index (χ3v) is 2.09. The number of fused-ring (bicyclic) bond motifs is 1. The molecule has 2 N–H and O–H groups in total. The number of rotatable bonds is 2. The van der Waals surface area contributed by atoms with Crippen LogP contribution in [0.25, 0.3) is 11.0 Å². The number of hydrogen-bond acceptors (Lipinski definition) is 3. The highest BCUT2D eigenvalue weighted by Gasteiger charge is 2.05. The summed E-state index contributed by atoms with van der Waals surface area (Å²) in [6.45, 7) is 0.327. The van der Waals surface area contributed by atoms with E-state index in [1.54, 1.807) is 12.3 Å². The van der Waals surface area contributed by atoms with E-state index < -0.39 is 0 Å². The molecule has 2 aromatic rings. The van der Waals surface area contributed by atoms with Crippen molar-refractivity contribution in [2.45, 2.75) is 6.61 Å². The Morgan fingerprint density at radius 1 is 1.46 bits per heavy atom. The summed E-state index contributed by atoms with van der Waals surface area (Å²) in [5.41, 5.74) is 1.69. The van der Waals surface area contributed by atoms with Gasteiger partial charge in [-0.25, -0.2) is 5.90 Å². The molecule has 0 saturated carbocycles. The highest BCUT2D eigenvalue weighted by molar-refractivity contribution is 6.31. The number of halogens is 1. The van der Waals surface area contributed by atoms with Crippen LogP contribution in [-0.4, -0.2) is 0 Å². The first kappa shape index (κ1) is 8.56. The molecule has 4 heteroatoms. The van der Waals surface area contributed by atoms with Crippen LogP contribution >= 0.6 is 11.6 Å². The van der Waals surface area contributed by atoms with Gasteiger partial charge in [-0.1, -0.05) is 11.6 Å². The number of benzene rings is 1. The van der Waals surface area contributed by atoms with Crippen molar-refractivity contribution in [3.63, 3.8) is 0 Å². The summed E-state index contributed by atoms with van der Waals surface area (Å²) in [6.07, 6.45) is 1.62. The minimum absolute atomic E-state index is 0.327. The summed E-state index contributed by atoms with van der Waals surface area (Å²) < 4.78 is 5.26. The molecule has 0 atom stereocenters. The quantitative estimate of drug-likeness (QED) is 0.753. The number of hydrogen-bond donors (Lipinski definition) is 1. The second kappa shape index (κ2) is 3.38. The van der Waals surface area contributed by atoms with Crippen LogP contribution in [0.1, 0.15) is 5.56 Å². The Morgan fingerprint density at radius 3 is 3.08 bits per heavy atom. The Labute approximate surface area is 80.0 Å². The summed E-state index contributed by atoms with van der Waals surface area (Å²) in [7, 11) is 0. The van der Waals surface area contributed by atoms with E-state index in [9.17, 15) is 0 Å². The van der Waals surface area contributed by atoms with Gasteiger partial charge in [0.05, 0.1) is 12.9 Å². The molecule has 2 rings (SSSR count). The third-order valence-electron chi connectivity index (χ3n) is 1.85. The molecule has 0 saturated heterocycles. The molecule has 1 aromatic carbocycles. The van der Waals surface area contributed by atoms with E-state index in [1.807, 2.05) is 12.1 Å². The molecule has 1 heterocycles. The summed E-state index contributed by atoms with van der Waals surface area (Å²) in [6, 6.07) is 5.42. The molecule has 0 aliphatic carbocycles. The Morgan fingerprint density at radius 2 is 2.31 bits per heavy atom. The Balaban J connectivity index is 2.58. The predicted octanol–water partition coefficient (Wildman–Crippen LogP) is 2.48. The maximum absolute atomic E-state index is 5.83. The van der Waals surface area contributed by atoms with Gasteiger partial charge in [0.2, 0.25) is 0 Å². The van der Waals surface area contributed by atoms with E-state index >= 15 is 0 Å². The van der Waals surface area contributed by atoms with E-state index in [1.165, 1.54) is 0 Å². The van der Waals surface area contributed by atoms with E-state index in [2.05, 4.69) is 4.84 Å². The fraction of sp³-hybridized carbons (Fsp3) is 0.111. The smallest absolute Gasteiger partial charge is 0.134 e. The van der Waals surface area contributed by atoms with Crippen LogP contribution in [0.5, 0.6) is 0 Å². The van der Waals surface area contributed by atoms with Crippen LogP contribution in [0.4, 0.5) is 0 Å². The van der Waals surface area contributed by atoms with Gasteiger partial charge in [0.1, 0.15) is 5.58 Å². The Bertz CT molecular complexity index is 424. The first-order valence-electron chi connectivity index (χ1n) is 3.78. The van der Waals surface area contributed by atoms with Crippen molar-refractivity contribution in [3.05, 3.63) is 35.0 Å². The Hall–Kier alpha value is -1.03. The lowest BCUT2D eigenvalue weighted by molar-refractivity contribution is 0.124. The van der Waals surface area contributed by atoms with Gasteiger partial charge in [-0.2, -0.15) is 0 Å². The molecule has 1 aromatic heterocycles. The Kier molecular flexibility index (Phi) is 2.22. The molecule has 0 fully saturated rings. The SMILES string of the molecule is NOCc1coc2ccc(Cl)cc12. The predicted molar refractivity (Wildman–Crippen MR) is 50.2 cm³/mol. The van der Waals surface area contributed by atoms with Crippen molar-refractivity contribution < 1.29 is 9.25 Å². The van der Waals surface area contributed by atoms with Gasteiger partial charge in [-0.3, -0.25) is 4.84 Å². The molecule has 0 bridgehead atoms. The van der Waals surface area contributed by atoms with Crippen LogP contribution in [-0.2, 0) is 11.4 Å². The lowest BCUT2D eigenvalue weighted by atomic mass is 10.2. The van der Waals surface area contributed by atoms with E-state index in [4.69, 9.17) is 21.9 Å². The monoisotopic (exact) mass is 197 g/mol. The van der Waals surface area contributed by atoms with E-state index in [-0.39, 0.29) is 0 Å². The maximum atomic E-state index is 5.83. The van der Waals surface area contributed by atoms with Crippen molar-refractivity contribution in [3.8, 4) is 0 Å². The minimum atomic E-state index is 0.327. The second-order valence-corrected chi connectivity index (χ2v) is 3.15. The zero-order valence-electron chi connectivity index (χ0n) is 6.79. The second-order valence-electron chi connectivity index (χ2n) is 2.71. The van der Waals surface area contributed by atoms with Crippen molar-refractivity contribution >= 4 is 22.6 Å². The van der Waals surface area contributed by atoms with Crippen LogP contribution in [0.2, 0.25) is 5.02 Å². The van der Waals surface area contributed by atoms with Gasteiger partial charge in [0, 0.05) is 16.0 Å². The van der Waals surface area contributed by atoms with E-state index in [0.717, 1.165) is 16.5 Å². The topological polar surface area (TPSA) is 48.4 Å². The van der Waals surface area contributed by atoms with Crippen LogP contribution in [0.3, 0.4) is 0 Å². The summed E-state index contributed by atoms with van der Waals surface area (Å²) in [4.78, 5) is 4.53. The highest BCUT2D eigenvalue weighted by Crippen LogP contribution is 2.24. The lowest BCUT2D eigenvalue weighted by Gasteiger charge is -1.94. The van der Waals surface area contributed by atoms with Crippen molar-refractivity contribution in [2.24, 2.45) is 5.90 Å². The van der Waals surface area contributed by atoms with Crippen molar-refractivity contribution in [1.82, 2.24) is 0 Å². The molecule has 68 valence electrons. The van der Waals surface area contributed by atoms with Crippen molar-refractivity contribution in [1.29, 1.82) is 0 Å². The normalized spacial score (nSPS) is 10.9. The average molecular weight is 198 g/mol. The lowest BCUT2D eigenvalue weighted by Crippen LogP contribution is -1.97. The van der Waals surface area contributed by atoms with Crippen LogP contribution in [0.15, 0.2) is 28.9 Å². The molecule has 0 aliphatic rings. The fourth-order valence-electron chi connectivity index (χ4n) is 1.26. The average Bonchev–Trinajstić information content (AvgIpc) is 2.49. The first-order chi connectivity index (χ1) is 6.31. The minimum Gasteiger partial charge on any atom is -0.464 e. The number of nitrogens with two attached hydrogens (primary N) is 1. The maximum Gasteiger partial charge on any atom is 0.134 e. The first-order valence-corrected chi connectivity index (χ1v) is 4.16. The third kappa shape index (κ3) is 1.54. The zero-order valence-corrected chi connectivity index (χ0v) is 7.54. The largest absolute Gasteiger partial charge is 0.464 e. The summed E-state index contributed by atoms with van der Waals surface area (Å²) in [5, 5.41) is 1.62. The van der Waals surface area contributed by atoms with Gasteiger partial charge >= 0.3 is 0 Å². The molecule has 0 aliphatic heterocycles. The molecule has 0 unspecified atom stereocenters. The molecular weight excluding hydrogens is 190 g/mol. The van der Waals surface area contributed by atoms with Gasteiger partial charge in [0.15, 0.2) is 0 Å². The fourth-order valence-corrected chi connectivity index (χ4v) is 1.43. The molecule has 0 spiro atoms. The molecule has 13 heavy (non-hydrogen) atoms. The molecule has 0 amide bonds. The van der Waals surface area contributed by atoms with Crippen LogP contribution < -0.4 is 5.90 Å². The van der Waals surface area contributed by atoms with Crippen LogP contribution in [0, 0.1) is 0 Å². The van der Waals surface area contributed by atoms with Gasteiger partial charge in [-0.15, -0.1) is 0 Å². The van der Waals surface area contributed by atoms with Gasteiger partial charge < -0.3 is 4.42 Å².